The van der Waals surface area contributed by atoms with Gasteiger partial charge in [-0.15, -0.1) is 0 Å². The molecule has 1 aliphatic rings. The Morgan fingerprint density at radius 2 is 1.67 bits per heavy atom. The van der Waals surface area contributed by atoms with Gasteiger partial charge >= 0.3 is 12.1 Å². The Hall–Kier alpha value is -3.06. The first-order valence-corrected chi connectivity index (χ1v) is 8.73. The largest absolute Gasteiger partial charge is 0.465 e. The van der Waals surface area contributed by atoms with Crippen molar-refractivity contribution in [1.29, 1.82) is 0 Å². The summed E-state index contributed by atoms with van der Waals surface area (Å²) in [6.45, 7) is 3.86. The number of anilines is 2. The number of nitrogens with zero attached hydrogens (tertiary/aromatic N) is 1. The molecule has 1 atom stereocenters. The van der Waals surface area contributed by atoms with Crippen LogP contribution in [0.15, 0.2) is 54.6 Å². The molecule has 0 bridgehead atoms. The van der Waals surface area contributed by atoms with E-state index in [1.807, 2.05) is 42.5 Å². The predicted molar refractivity (Wildman–Crippen MR) is 103 cm³/mol. The first-order chi connectivity index (χ1) is 12.8. The van der Waals surface area contributed by atoms with Crippen LogP contribution in [-0.2, 0) is 11.2 Å². The van der Waals surface area contributed by atoms with Crippen molar-refractivity contribution in [3.05, 3.63) is 60.2 Å². The Kier molecular flexibility index (Phi) is 5.32. The van der Waals surface area contributed by atoms with E-state index in [2.05, 4.69) is 10.6 Å². The molecule has 1 aliphatic heterocycles. The maximum atomic E-state index is 12.0. The van der Waals surface area contributed by atoms with Gasteiger partial charge in [0.25, 0.3) is 0 Å². The molecule has 1 unspecified atom stereocenters. The topological polar surface area (TPSA) is 90.9 Å². The zero-order valence-electron chi connectivity index (χ0n) is 15.3. The third-order valence-corrected chi connectivity index (χ3v) is 4.50. The van der Waals surface area contributed by atoms with Crippen molar-refractivity contribution in [2.45, 2.75) is 32.0 Å². The van der Waals surface area contributed by atoms with Crippen molar-refractivity contribution >= 4 is 23.5 Å². The molecule has 27 heavy (non-hydrogen) atoms. The monoisotopic (exact) mass is 369 g/mol. The van der Waals surface area contributed by atoms with E-state index in [0.717, 1.165) is 5.56 Å². The van der Waals surface area contributed by atoms with E-state index < -0.39 is 11.8 Å². The number of hydrogen-bond acceptors (Lipinski definition) is 3. The van der Waals surface area contributed by atoms with Crippen LogP contribution in [0.3, 0.4) is 0 Å². The third-order valence-electron chi connectivity index (χ3n) is 4.50. The van der Waals surface area contributed by atoms with Gasteiger partial charge in [-0.1, -0.05) is 30.3 Å². The highest BCUT2D eigenvalue weighted by molar-refractivity contribution is 5.99. The second-order valence-electron chi connectivity index (χ2n) is 6.91. The predicted octanol–water partition coefficient (Wildman–Crippen LogP) is 3.99. The number of amides is 3. The Labute approximate surface area is 157 Å². The van der Waals surface area contributed by atoms with Crippen LogP contribution in [0.5, 0.6) is 0 Å². The zero-order valence-corrected chi connectivity index (χ0v) is 15.3. The number of urea groups is 1. The van der Waals surface area contributed by atoms with Gasteiger partial charge in [0.05, 0.1) is 12.6 Å². The highest BCUT2D eigenvalue weighted by Crippen LogP contribution is 2.29. The number of rotatable bonds is 4. The van der Waals surface area contributed by atoms with Gasteiger partial charge in [-0.05, 0) is 50.1 Å². The number of carboxylic acid groups (broad SMARTS) is 1. The van der Waals surface area contributed by atoms with Crippen LogP contribution in [0, 0.1) is 0 Å². The average Bonchev–Trinajstić information content (AvgIpc) is 2.92. The quantitative estimate of drug-likeness (QED) is 0.760. The van der Waals surface area contributed by atoms with Crippen molar-refractivity contribution < 1.29 is 19.4 Å². The fourth-order valence-electron chi connectivity index (χ4n) is 3.23. The summed E-state index contributed by atoms with van der Waals surface area (Å²) in [6.07, 6.45) is -0.440. The first kappa shape index (κ1) is 18.7. The smallest absolute Gasteiger partial charge is 0.409 e. The van der Waals surface area contributed by atoms with Crippen molar-refractivity contribution in [2.24, 2.45) is 0 Å². The molecule has 1 heterocycles. The molecule has 1 fully saturated rings. The maximum Gasteiger partial charge on any atom is 0.409 e. The van der Waals surface area contributed by atoms with E-state index in [1.54, 1.807) is 26.0 Å². The summed E-state index contributed by atoms with van der Waals surface area (Å²) in [5.74, 6) is 0. The SMILES string of the molecule is CC1(C)OCC(Cc2ccc(NC(=O)Nc3ccccc3)cc2)N1C(=O)O. The molecule has 1 saturated heterocycles. The molecule has 142 valence electrons. The second kappa shape index (κ2) is 7.67. The summed E-state index contributed by atoms with van der Waals surface area (Å²) in [6, 6.07) is 16.0. The molecule has 3 amide bonds. The Bertz CT molecular complexity index is 806. The summed E-state index contributed by atoms with van der Waals surface area (Å²) in [5.41, 5.74) is 1.52. The molecule has 0 saturated carbocycles. The van der Waals surface area contributed by atoms with Crippen molar-refractivity contribution in [1.82, 2.24) is 4.90 Å². The molecule has 0 spiro atoms. The van der Waals surface area contributed by atoms with Crippen LogP contribution < -0.4 is 10.6 Å². The molecule has 3 rings (SSSR count). The number of para-hydroxylation sites is 1. The summed E-state index contributed by atoms with van der Waals surface area (Å²) in [4.78, 5) is 24.9. The zero-order chi connectivity index (χ0) is 19.4. The summed E-state index contributed by atoms with van der Waals surface area (Å²) in [7, 11) is 0. The Morgan fingerprint density at radius 1 is 1.07 bits per heavy atom. The van der Waals surface area contributed by atoms with Crippen molar-refractivity contribution in [3.63, 3.8) is 0 Å². The lowest BCUT2D eigenvalue weighted by molar-refractivity contribution is -0.0419. The molecule has 0 aliphatic carbocycles. The highest BCUT2D eigenvalue weighted by Gasteiger charge is 2.43. The van der Waals surface area contributed by atoms with Gasteiger partial charge in [0.1, 0.15) is 5.72 Å². The number of benzene rings is 2. The fourth-order valence-corrected chi connectivity index (χ4v) is 3.23. The Balaban J connectivity index is 1.59. The van der Waals surface area contributed by atoms with Crippen LogP contribution >= 0.6 is 0 Å². The molecule has 2 aromatic carbocycles. The van der Waals surface area contributed by atoms with Crippen LogP contribution in [0.25, 0.3) is 0 Å². The van der Waals surface area contributed by atoms with Gasteiger partial charge in [0.15, 0.2) is 0 Å². The molecular weight excluding hydrogens is 346 g/mol. The van der Waals surface area contributed by atoms with E-state index >= 15 is 0 Å². The summed E-state index contributed by atoms with van der Waals surface area (Å²) >= 11 is 0. The molecule has 0 radical (unpaired) electrons. The van der Waals surface area contributed by atoms with Crippen LogP contribution in [0.4, 0.5) is 21.0 Å². The van der Waals surface area contributed by atoms with Crippen molar-refractivity contribution in [2.75, 3.05) is 17.2 Å². The lowest BCUT2D eigenvalue weighted by Gasteiger charge is -2.31. The van der Waals surface area contributed by atoms with E-state index in [4.69, 9.17) is 4.74 Å². The number of ether oxygens (including phenoxy) is 1. The van der Waals surface area contributed by atoms with Crippen LogP contribution in [-0.4, -0.2) is 40.5 Å². The second-order valence-corrected chi connectivity index (χ2v) is 6.91. The molecule has 0 aromatic heterocycles. The molecule has 7 heteroatoms. The number of carbonyl (C=O) groups is 2. The highest BCUT2D eigenvalue weighted by atomic mass is 16.5. The van der Waals surface area contributed by atoms with Crippen LogP contribution in [0.1, 0.15) is 19.4 Å². The van der Waals surface area contributed by atoms with Gasteiger partial charge in [0, 0.05) is 11.4 Å². The number of carbonyl (C=O) groups excluding carboxylic acids is 1. The maximum absolute atomic E-state index is 12.0. The van der Waals surface area contributed by atoms with Gasteiger partial charge in [0.2, 0.25) is 0 Å². The van der Waals surface area contributed by atoms with Gasteiger partial charge in [-0.3, -0.25) is 4.90 Å². The van der Waals surface area contributed by atoms with Gasteiger partial charge in [-0.2, -0.15) is 0 Å². The number of nitrogens with one attached hydrogen (secondary N) is 2. The van der Waals surface area contributed by atoms with Gasteiger partial charge < -0.3 is 20.5 Å². The minimum Gasteiger partial charge on any atom is -0.465 e. The molecule has 2 aromatic rings. The standard InChI is InChI=1S/C20H23N3O4/c1-20(2)23(19(25)26)17(13-27-20)12-14-8-10-16(11-9-14)22-18(24)21-15-6-4-3-5-7-15/h3-11,17H,12-13H2,1-2H3,(H,25,26)(H2,21,22,24). The van der Waals surface area contributed by atoms with Crippen molar-refractivity contribution in [3.8, 4) is 0 Å². The normalized spacial score (nSPS) is 18.1. The van der Waals surface area contributed by atoms with E-state index in [0.29, 0.717) is 24.4 Å². The molecular formula is C20H23N3O4. The lowest BCUT2D eigenvalue weighted by Crippen LogP contribution is -2.47. The lowest BCUT2D eigenvalue weighted by atomic mass is 10.0. The minimum absolute atomic E-state index is 0.238. The van der Waals surface area contributed by atoms with E-state index in [-0.39, 0.29) is 12.1 Å². The summed E-state index contributed by atoms with van der Waals surface area (Å²) in [5, 5.41) is 15.0. The minimum atomic E-state index is -0.988. The average molecular weight is 369 g/mol. The third kappa shape index (κ3) is 4.57. The molecule has 7 nitrogen and oxygen atoms in total. The summed E-state index contributed by atoms with van der Waals surface area (Å²) < 4.78 is 5.61. The number of hydrogen-bond donors (Lipinski definition) is 3. The van der Waals surface area contributed by atoms with Crippen LogP contribution in [0.2, 0.25) is 0 Å². The van der Waals surface area contributed by atoms with E-state index in [1.165, 1.54) is 4.90 Å². The fraction of sp³-hybridized carbons (Fsp3) is 0.300. The Morgan fingerprint density at radius 3 is 2.26 bits per heavy atom. The van der Waals surface area contributed by atoms with Gasteiger partial charge in [-0.25, -0.2) is 9.59 Å². The van der Waals surface area contributed by atoms with E-state index in [9.17, 15) is 14.7 Å². The molecule has 3 N–H and O–H groups in total. The first-order valence-electron chi connectivity index (χ1n) is 8.73.